The highest BCUT2D eigenvalue weighted by Crippen LogP contribution is 2.38. The number of carbonyl (C=O) groups excluding carboxylic acids is 1. The van der Waals surface area contributed by atoms with Crippen molar-refractivity contribution >= 4 is 27.7 Å². The molecule has 132 valence electrons. The fourth-order valence-electron chi connectivity index (χ4n) is 3.86. The molecule has 0 spiro atoms. The van der Waals surface area contributed by atoms with Crippen molar-refractivity contribution in [2.45, 2.75) is 77.1 Å². The van der Waals surface area contributed by atoms with E-state index in [0.29, 0.717) is 18.1 Å². The van der Waals surface area contributed by atoms with Crippen LogP contribution in [-0.2, 0) is 4.74 Å². The number of halogens is 1. The van der Waals surface area contributed by atoms with Gasteiger partial charge in [-0.05, 0) is 87.0 Å². The van der Waals surface area contributed by atoms with Crippen molar-refractivity contribution in [1.82, 2.24) is 4.90 Å². The summed E-state index contributed by atoms with van der Waals surface area (Å²) in [5.41, 5.74) is 1.95. The predicted octanol–water partition coefficient (Wildman–Crippen LogP) is 5.10. The smallest absolute Gasteiger partial charge is 0.410 e. The van der Waals surface area contributed by atoms with Gasteiger partial charge in [0.05, 0.1) is 0 Å². The number of piperidine rings is 1. The van der Waals surface area contributed by atoms with Gasteiger partial charge in [0.2, 0.25) is 0 Å². The first-order chi connectivity index (χ1) is 11.2. The molecule has 0 radical (unpaired) electrons. The van der Waals surface area contributed by atoms with E-state index in [-0.39, 0.29) is 6.09 Å². The van der Waals surface area contributed by atoms with Crippen LogP contribution in [0, 0.1) is 6.92 Å². The van der Waals surface area contributed by atoms with Gasteiger partial charge in [0.1, 0.15) is 5.60 Å². The van der Waals surface area contributed by atoms with Gasteiger partial charge in [-0.25, -0.2) is 4.79 Å². The van der Waals surface area contributed by atoms with E-state index >= 15 is 0 Å². The molecule has 1 N–H and O–H groups in total. The fourth-order valence-corrected chi connectivity index (χ4v) is 4.47. The molecule has 0 aliphatic carbocycles. The van der Waals surface area contributed by atoms with Gasteiger partial charge < -0.3 is 15.0 Å². The first kappa shape index (κ1) is 17.6. The number of benzene rings is 1. The molecule has 2 saturated heterocycles. The van der Waals surface area contributed by atoms with Crippen LogP contribution in [0.1, 0.15) is 52.0 Å². The molecule has 2 atom stereocenters. The zero-order valence-corrected chi connectivity index (χ0v) is 16.5. The zero-order valence-electron chi connectivity index (χ0n) is 14.9. The Bertz CT molecular complexity index is 612. The zero-order chi connectivity index (χ0) is 17.5. The Labute approximate surface area is 153 Å². The largest absolute Gasteiger partial charge is 0.444 e. The second kappa shape index (κ2) is 6.58. The van der Waals surface area contributed by atoms with Crippen molar-refractivity contribution < 1.29 is 9.53 Å². The number of rotatable bonds is 2. The number of aryl methyl sites for hydroxylation is 1. The van der Waals surface area contributed by atoms with E-state index in [9.17, 15) is 4.79 Å². The Balaban J connectivity index is 1.66. The number of ether oxygens (including phenoxy) is 1. The van der Waals surface area contributed by atoms with Crippen LogP contribution in [0.15, 0.2) is 22.7 Å². The van der Waals surface area contributed by atoms with Crippen LogP contribution in [0.5, 0.6) is 0 Å². The molecule has 2 bridgehead atoms. The third-order valence-electron chi connectivity index (χ3n) is 4.82. The molecule has 24 heavy (non-hydrogen) atoms. The van der Waals surface area contributed by atoms with Crippen LogP contribution in [0.4, 0.5) is 10.5 Å². The van der Waals surface area contributed by atoms with Crippen molar-refractivity contribution in [3.8, 4) is 0 Å². The lowest BCUT2D eigenvalue weighted by atomic mass is 9.97. The van der Waals surface area contributed by atoms with E-state index in [1.54, 1.807) is 0 Å². The van der Waals surface area contributed by atoms with Gasteiger partial charge >= 0.3 is 6.09 Å². The molecule has 1 amide bonds. The highest BCUT2D eigenvalue weighted by molar-refractivity contribution is 9.10. The van der Waals surface area contributed by atoms with Crippen molar-refractivity contribution in [3.63, 3.8) is 0 Å². The van der Waals surface area contributed by atoms with Gasteiger partial charge in [-0.3, -0.25) is 0 Å². The minimum atomic E-state index is -0.432. The Kier molecular flexibility index (Phi) is 4.82. The molecule has 2 aliphatic rings. The topological polar surface area (TPSA) is 41.6 Å². The summed E-state index contributed by atoms with van der Waals surface area (Å²) in [6.45, 7) is 7.87. The van der Waals surface area contributed by atoms with Crippen LogP contribution in [0.25, 0.3) is 0 Å². The SMILES string of the molecule is Cc1ccc(NC2CC3CCC(C2)N3C(=O)OC(C)(C)C)c(Br)c1. The highest BCUT2D eigenvalue weighted by Gasteiger charge is 2.44. The lowest BCUT2D eigenvalue weighted by molar-refractivity contribution is 0.00683. The number of fused-ring (bicyclic) bond motifs is 2. The fraction of sp³-hybridized carbons (Fsp3) is 0.632. The van der Waals surface area contributed by atoms with Crippen molar-refractivity contribution in [1.29, 1.82) is 0 Å². The van der Waals surface area contributed by atoms with E-state index in [2.05, 4.69) is 46.4 Å². The van der Waals surface area contributed by atoms with Gasteiger partial charge in [-0.1, -0.05) is 6.07 Å². The maximum Gasteiger partial charge on any atom is 0.410 e. The van der Waals surface area contributed by atoms with Gasteiger partial charge in [0.25, 0.3) is 0 Å². The van der Waals surface area contributed by atoms with Gasteiger partial charge in [0, 0.05) is 28.3 Å². The number of carbonyl (C=O) groups is 1. The lowest BCUT2D eigenvalue weighted by Crippen LogP contribution is -2.51. The third kappa shape index (κ3) is 3.88. The Hall–Kier alpha value is -1.23. The molecule has 5 heteroatoms. The maximum absolute atomic E-state index is 12.5. The van der Waals surface area contributed by atoms with E-state index in [1.807, 2.05) is 25.7 Å². The Morgan fingerprint density at radius 3 is 2.42 bits per heavy atom. The predicted molar refractivity (Wildman–Crippen MR) is 100 cm³/mol. The summed E-state index contributed by atoms with van der Waals surface area (Å²) in [6, 6.07) is 7.37. The van der Waals surface area contributed by atoms with E-state index < -0.39 is 5.60 Å². The van der Waals surface area contributed by atoms with Gasteiger partial charge in [-0.2, -0.15) is 0 Å². The minimum Gasteiger partial charge on any atom is -0.444 e. The summed E-state index contributed by atoms with van der Waals surface area (Å²) in [4.78, 5) is 14.5. The summed E-state index contributed by atoms with van der Waals surface area (Å²) >= 11 is 3.64. The number of hydrogen-bond donors (Lipinski definition) is 1. The van der Waals surface area contributed by atoms with Crippen LogP contribution in [0.2, 0.25) is 0 Å². The van der Waals surface area contributed by atoms with E-state index in [1.165, 1.54) is 5.56 Å². The normalized spacial score (nSPS) is 26.4. The van der Waals surface area contributed by atoms with Crippen molar-refractivity contribution in [3.05, 3.63) is 28.2 Å². The molecule has 2 heterocycles. The number of amides is 1. The summed E-state index contributed by atoms with van der Waals surface area (Å²) in [5.74, 6) is 0. The molecule has 1 aromatic carbocycles. The first-order valence-corrected chi connectivity index (χ1v) is 9.56. The van der Waals surface area contributed by atoms with E-state index in [0.717, 1.165) is 35.8 Å². The molecule has 0 saturated carbocycles. The molecule has 2 fully saturated rings. The van der Waals surface area contributed by atoms with Gasteiger partial charge in [-0.15, -0.1) is 0 Å². The molecular weight excluding hydrogens is 368 g/mol. The summed E-state index contributed by atoms with van der Waals surface area (Å²) in [6.07, 6.45) is 3.98. The van der Waals surface area contributed by atoms with Crippen LogP contribution >= 0.6 is 15.9 Å². The average molecular weight is 395 g/mol. The molecule has 1 aromatic rings. The first-order valence-electron chi connectivity index (χ1n) is 8.77. The summed E-state index contributed by atoms with van der Waals surface area (Å²) < 4.78 is 6.70. The number of anilines is 1. The summed E-state index contributed by atoms with van der Waals surface area (Å²) in [7, 11) is 0. The highest BCUT2D eigenvalue weighted by atomic mass is 79.9. The monoisotopic (exact) mass is 394 g/mol. The van der Waals surface area contributed by atoms with Crippen LogP contribution in [0.3, 0.4) is 0 Å². The standard InChI is InChI=1S/C19H27BrN2O2/c1-12-5-8-17(16(20)9-12)21-13-10-14-6-7-15(11-13)22(14)18(23)24-19(2,3)4/h5,8-9,13-15,21H,6-7,10-11H2,1-4H3. The summed E-state index contributed by atoms with van der Waals surface area (Å²) in [5, 5.41) is 3.66. The number of nitrogens with zero attached hydrogens (tertiary/aromatic N) is 1. The van der Waals surface area contributed by atoms with Crippen molar-refractivity contribution in [2.24, 2.45) is 0 Å². The quantitative estimate of drug-likeness (QED) is 0.758. The second-order valence-electron chi connectivity index (χ2n) is 8.07. The second-order valence-corrected chi connectivity index (χ2v) is 8.92. The van der Waals surface area contributed by atoms with Crippen LogP contribution < -0.4 is 5.32 Å². The number of nitrogens with one attached hydrogen (secondary N) is 1. The maximum atomic E-state index is 12.5. The molecule has 2 aliphatic heterocycles. The van der Waals surface area contributed by atoms with Crippen molar-refractivity contribution in [2.75, 3.05) is 5.32 Å². The Morgan fingerprint density at radius 2 is 1.88 bits per heavy atom. The Morgan fingerprint density at radius 1 is 1.25 bits per heavy atom. The number of hydrogen-bond acceptors (Lipinski definition) is 3. The molecule has 3 rings (SSSR count). The average Bonchev–Trinajstić information content (AvgIpc) is 2.72. The molecular formula is C19H27BrN2O2. The van der Waals surface area contributed by atoms with E-state index in [4.69, 9.17) is 4.74 Å². The van der Waals surface area contributed by atoms with Gasteiger partial charge in [0.15, 0.2) is 0 Å². The lowest BCUT2D eigenvalue weighted by Gasteiger charge is -2.40. The molecule has 2 unspecified atom stereocenters. The third-order valence-corrected chi connectivity index (χ3v) is 5.48. The van der Waals surface area contributed by atoms with Crippen LogP contribution in [-0.4, -0.2) is 34.7 Å². The molecule has 0 aromatic heterocycles. The minimum absolute atomic E-state index is 0.148. The molecule has 4 nitrogen and oxygen atoms in total.